The van der Waals surface area contributed by atoms with Crippen molar-refractivity contribution in [3.8, 4) is 0 Å². The van der Waals surface area contributed by atoms with E-state index in [1.165, 1.54) is 0 Å². The van der Waals surface area contributed by atoms with Crippen LogP contribution in [0.15, 0.2) is 0 Å². The molecule has 0 spiro atoms. The third-order valence-electron chi connectivity index (χ3n) is 3.37. The lowest BCUT2D eigenvalue weighted by atomic mass is 9.95. The van der Waals surface area contributed by atoms with Crippen LogP contribution in [0.2, 0.25) is 0 Å². The van der Waals surface area contributed by atoms with E-state index in [1.54, 1.807) is 0 Å². The highest BCUT2D eigenvalue weighted by atomic mass is 16.5. The average Bonchev–Trinajstić information content (AvgIpc) is 2.25. The highest BCUT2D eigenvalue weighted by Gasteiger charge is 2.26. The Bertz CT molecular complexity index is 233. The van der Waals surface area contributed by atoms with Gasteiger partial charge in [0, 0.05) is 0 Å². The van der Waals surface area contributed by atoms with Crippen molar-refractivity contribution < 1.29 is 9.47 Å². The molecule has 18 heavy (non-hydrogen) atoms. The third kappa shape index (κ3) is 8.06. The molecule has 0 aromatic carbocycles. The minimum Gasteiger partial charge on any atom is -0.375 e. The first-order valence-corrected chi connectivity index (χ1v) is 7.10. The molecule has 0 aliphatic carbocycles. The summed E-state index contributed by atoms with van der Waals surface area (Å²) in [5.74, 6) is 0. The van der Waals surface area contributed by atoms with Crippen LogP contribution in [0.1, 0.15) is 67.7 Å². The molecule has 0 heterocycles. The van der Waals surface area contributed by atoms with E-state index in [2.05, 4.69) is 34.6 Å². The van der Waals surface area contributed by atoms with Crippen LogP contribution < -0.4 is 5.73 Å². The van der Waals surface area contributed by atoms with E-state index in [4.69, 9.17) is 15.2 Å². The van der Waals surface area contributed by atoms with Gasteiger partial charge in [-0.05, 0) is 38.5 Å². The highest BCUT2D eigenvalue weighted by molar-refractivity contribution is 4.76. The summed E-state index contributed by atoms with van der Waals surface area (Å²) in [6.45, 7) is 16.3. The van der Waals surface area contributed by atoms with Crippen molar-refractivity contribution in [1.82, 2.24) is 0 Å². The zero-order chi connectivity index (χ0) is 14.4. The lowest BCUT2D eigenvalue weighted by Gasteiger charge is -2.33. The van der Waals surface area contributed by atoms with Gasteiger partial charge in [0.25, 0.3) is 0 Å². The van der Waals surface area contributed by atoms with Crippen LogP contribution in [-0.2, 0) is 9.47 Å². The van der Waals surface area contributed by atoms with Gasteiger partial charge in [-0.3, -0.25) is 0 Å². The van der Waals surface area contributed by atoms with E-state index < -0.39 is 5.72 Å². The molecule has 3 nitrogen and oxygen atoms in total. The minimum atomic E-state index is -0.515. The van der Waals surface area contributed by atoms with Gasteiger partial charge in [-0.1, -0.05) is 34.6 Å². The van der Waals surface area contributed by atoms with Crippen molar-refractivity contribution in [3.63, 3.8) is 0 Å². The Labute approximate surface area is 113 Å². The molecule has 3 heteroatoms. The lowest BCUT2D eigenvalue weighted by molar-refractivity contribution is -0.101. The number of hydrogen-bond donors (Lipinski definition) is 1. The van der Waals surface area contributed by atoms with Gasteiger partial charge >= 0.3 is 0 Å². The lowest BCUT2D eigenvalue weighted by Crippen LogP contribution is -2.41. The van der Waals surface area contributed by atoms with E-state index in [0.717, 1.165) is 25.9 Å². The first-order valence-electron chi connectivity index (χ1n) is 7.10. The van der Waals surface area contributed by atoms with Crippen LogP contribution in [-0.4, -0.2) is 24.5 Å². The minimum absolute atomic E-state index is 0.114. The van der Waals surface area contributed by atoms with Crippen LogP contribution in [0, 0.1) is 5.41 Å². The largest absolute Gasteiger partial charge is 0.375 e. The summed E-state index contributed by atoms with van der Waals surface area (Å²) in [5.41, 5.74) is 5.54. The molecule has 0 saturated heterocycles. The molecule has 0 aromatic heterocycles. The van der Waals surface area contributed by atoms with Crippen LogP contribution >= 0.6 is 0 Å². The maximum atomic E-state index is 6.07. The van der Waals surface area contributed by atoms with Crippen molar-refractivity contribution in [2.24, 2.45) is 11.1 Å². The molecule has 2 unspecified atom stereocenters. The quantitative estimate of drug-likeness (QED) is 0.676. The van der Waals surface area contributed by atoms with Crippen LogP contribution in [0.5, 0.6) is 0 Å². The van der Waals surface area contributed by atoms with Gasteiger partial charge in [-0.15, -0.1) is 0 Å². The highest BCUT2D eigenvalue weighted by Crippen LogP contribution is 2.25. The summed E-state index contributed by atoms with van der Waals surface area (Å²) in [7, 11) is 0. The van der Waals surface area contributed by atoms with E-state index in [9.17, 15) is 0 Å². The molecule has 0 amide bonds. The van der Waals surface area contributed by atoms with Crippen molar-refractivity contribution in [2.75, 3.05) is 13.2 Å². The molecular formula is C15H33NO2. The van der Waals surface area contributed by atoms with Gasteiger partial charge in [0.05, 0.1) is 18.8 Å². The fourth-order valence-electron chi connectivity index (χ4n) is 1.34. The van der Waals surface area contributed by atoms with E-state index in [0.29, 0.717) is 6.61 Å². The first kappa shape index (κ1) is 17.9. The normalized spacial score (nSPS) is 19.3. The van der Waals surface area contributed by atoms with E-state index in [-0.39, 0.29) is 11.0 Å². The van der Waals surface area contributed by atoms with Crippen LogP contribution in [0.25, 0.3) is 0 Å². The number of hydrogen-bond acceptors (Lipinski definition) is 3. The molecule has 0 fully saturated rings. The van der Waals surface area contributed by atoms with Gasteiger partial charge in [0.1, 0.15) is 5.72 Å². The summed E-state index contributed by atoms with van der Waals surface area (Å²) >= 11 is 0. The number of nitrogens with two attached hydrogens (primary N) is 1. The molecule has 110 valence electrons. The summed E-state index contributed by atoms with van der Waals surface area (Å²) in [5, 5.41) is 0. The predicted molar refractivity (Wildman–Crippen MR) is 77.6 cm³/mol. The van der Waals surface area contributed by atoms with E-state index in [1.807, 2.05) is 13.8 Å². The Morgan fingerprint density at radius 2 is 1.44 bits per heavy atom. The molecule has 2 N–H and O–H groups in total. The van der Waals surface area contributed by atoms with Gasteiger partial charge < -0.3 is 15.2 Å². The van der Waals surface area contributed by atoms with Crippen molar-refractivity contribution in [3.05, 3.63) is 0 Å². The Hall–Kier alpha value is -0.120. The van der Waals surface area contributed by atoms with Gasteiger partial charge in [0.2, 0.25) is 0 Å². The Morgan fingerprint density at radius 3 is 1.83 bits per heavy atom. The predicted octanol–water partition coefficient (Wildman–Crippen LogP) is 3.71. The monoisotopic (exact) mass is 259 g/mol. The summed E-state index contributed by atoms with van der Waals surface area (Å²) < 4.78 is 11.8. The summed E-state index contributed by atoms with van der Waals surface area (Å²) in [4.78, 5) is 0. The maximum absolute atomic E-state index is 6.07. The average molecular weight is 259 g/mol. The van der Waals surface area contributed by atoms with E-state index >= 15 is 0 Å². The van der Waals surface area contributed by atoms with Gasteiger partial charge in [-0.25, -0.2) is 0 Å². The number of rotatable bonds is 8. The van der Waals surface area contributed by atoms with Crippen molar-refractivity contribution in [2.45, 2.75) is 79.1 Å². The summed E-state index contributed by atoms with van der Waals surface area (Å²) in [6.07, 6.45) is 2.69. The zero-order valence-corrected chi connectivity index (χ0v) is 13.4. The smallest absolute Gasteiger partial charge is 0.113 e. The molecule has 0 bridgehead atoms. The SMILES string of the molecule is CCC(C)(N)OCCC(C)(CC)OCC(C)(C)C. The molecular weight excluding hydrogens is 226 g/mol. The van der Waals surface area contributed by atoms with Crippen LogP contribution in [0.3, 0.4) is 0 Å². The fourth-order valence-corrected chi connectivity index (χ4v) is 1.34. The van der Waals surface area contributed by atoms with Crippen molar-refractivity contribution in [1.29, 1.82) is 0 Å². The molecule has 0 aliphatic rings. The second-order valence-corrected chi connectivity index (χ2v) is 6.92. The topological polar surface area (TPSA) is 44.5 Å². The molecule has 2 atom stereocenters. The Balaban J connectivity index is 4.16. The molecule has 0 rings (SSSR count). The van der Waals surface area contributed by atoms with Gasteiger partial charge in [0.15, 0.2) is 0 Å². The molecule has 0 saturated carbocycles. The van der Waals surface area contributed by atoms with Crippen molar-refractivity contribution >= 4 is 0 Å². The standard InChI is InChI=1S/C15H33NO2/c1-8-14(6,18-12-13(3,4)5)10-11-17-15(7,16)9-2/h8-12,16H2,1-7H3. The summed E-state index contributed by atoms with van der Waals surface area (Å²) in [6, 6.07) is 0. The maximum Gasteiger partial charge on any atom is 0.113 e. The zero-order valence-electron chi connectivity index (χ0n) is 13.4. The Morgan fingerprint density at radius 1 is 0.889 bits per heavy atom. The molecule has 0 radical (unpaired) electrons. The first-order chi connectivity index (χ1) is 8.04. The molecule has 0 aromatic rings. The number of ether oxygens (including phenoxy) is 2. The fraction of sp³-hybridized carbons (Fsp3) is 1.00. The third-order valence-corrected chi connectivity index (χ3v) is 3.37. The Kier molecular flexibility index (Phi) is 6.83. The second-order valence-electron chi connectivity index (χ2n) is 6.92. The van der Waals surface area contributed by atoms with Gasteiger partial charge in [-0.2, -0.15) is 0 Å². The molecule has 0 aliphatic heterocycles. The van der Waals surface area contributed by atoms with Crippen LogP contribution in [0.4, 0.5) is 0 Å². The second kappa shape index (κ2) is 6.88.